The summed E-state index contributed by atoms with van der Waals surface area (Å²) in [5, 5.41) is 28.2. The summed E-state index contributed by atoms with van der Waals surface area (Å²) in [5.41, 5.74) is 1.54. The monoisotopic (exact) mass is 400 g/mol. The molecule has 4 rings (SSSR count). The van der Waals surface area contributed by atoms with E-state index in [1.165, 1.54) is 11.3 Å². The standard InChI is InChI=1S/C17H13ClN6O2S/c18-11-2-1-3-12(9-11)19-15(26)20-16-23-24-14(21-22-17(24)27-16)8-10-4-6-13(25)7-5-10/h1-7,9,25H,8H2,(H2,19,20,23,26). The minimum atomic E-state index is -0.428. The molecule has 0 aliphatic heterocycles. The number of nitrogens with zero attached hydrogens (tertiary/aromatic N) is 4. The number of aromatic nitrogens is 4. The first-order chi connectivity index (χ1) is 13.1. The van der Waals surface area contributed by atoms with Crippen LogP contribution in [0.1, 0.15) is 11.4 Å². The molecule has 136 valence electrons. The Bertz CT molecular complexity index is 1110. The summed E-state index contributed by atoms with van der Waals surface area (Å²) in [7, 11) is 0. The fourth-order valence-corrected chi connectivity index (χ4v) is 3.38. The van der Waals surface area contributed by atoms with E-state index in [0.717, 1.165) is 5.56 Å². The van der Waals surface area contributed by atoms with Crippen molar-refractivity contribution in [1.82, 2.24) is 19.8 Å². The summed E-state index contributed by atoms with van der Waals surface area (Å²) in [4.78, 5) is 12.7. The van der Waals surface area contributed by atoms with Crippen molar-refractivity contribution in [2.24, 2.45) is 0 Å². The van der Waals surface area contributed by atoms with Gasteiger partial charge in [-0.3, -0.25) is 5.32 Å². The molecule has 0 bridgehead atoms. The lowest BCUT2D eigenvalue weighted by Crippen LogP contribution is -2.19. The molecule has 0 spiro atoms. The highest BCUT2D eigenvalue weighted by Crippen LogP contribution is 2.21. The fraction of sp³-hybridized carbons (Fsp3) is 0.0588. The van der Waals surface area contributed by atoms with Crippen molar-refractivity contribution in [3.63, 3.8) is 0 Å². The first-order valence-electron chi connectivity index (χ1n) is 7.89. The number of nitrogens with one attached hydrogen (secondary N) is 2. The Kier molecular flexibility index (Phi) is 4.61. The highest BCUT2D eigenvalue weighted by Gasteiger charge is 2.14. The third-order valence-electron chi connectivity index (χ3n) is 3.66. The van der Waals surface area contributed by atoms with Crippen LogP contribution in [0.5, 0.6) is 5.75 Å². The highest BCUT2D eigenvalue weighted by molar-refractivity contribution is 7.20. The second-order valence-corrected chi connectivity index (χ2v) is 7.04. The molecule has 0 radical (unpaired) electrons. The van der Waals surface area contributed by atoms with Crippen LogP contribution in [0.3, 0.4) is 0 Å². The maximum absolute atomic E-state index is 12.1. The maximum Gasteiger partial charge on any atom is 0.325 e. The van der Waals surface area contributed by atoms with Gasteiger partial charge in [-0.05, 0) is 35.9 Å². The summed E-state index contributed by atoms with van der Waals surface area (Å²) in [6, 6.07) is 13.3. The lowest BCUT2D eigenvalue weighted by Gasteiger charge is -2.05. The molecule has 8 nitrogen and oxygen atoms in total. The zero-order chi connectivity index (χ0) is 18.8. The number of hydrogen-bond acceptors (Lipinski definition) is 6. The smallest absolute Gasteiger partial charge is 0.325 e. The van der Waals surface area contributed by atoms with Crippen molar-refractivity contribution in [1.29, 1.82) is 0 Å². The van der Waals surface area contributed by atoms with Gasteiger partial charge in [-0.2, -0.15) is 4.52 Å². The maximum atomic E-state index is 12.1. The second kappa shape index (κ2) is 7.22. The van der Waals surface area contributed by atoms with Crippen LogP contribution >= 0.6 is 22.9 Å². The van der Waals surface area contributed by atoms with Crippen molar-refractivity contribution in [3.05, 3.63) is 64.9 Å². The van der Waals surface area contributed by atoms with Gasteiger partial charge in [-0.25, -0.2) is 4.79 Å². The van der Waals surface area contributed by atoms with E-state index < -0.39 is 6.03 Å². The van der Waals surface area contributed by atoms with E-state index in [4.69, 9.17) is 11.6 Å². The van der Waals surface area contributed by atoms with Gasteiger partial charge in [0.15, 0.2) is 5.82 Å². The molecule has 2 heterocycles. The van der Waals surface area contributed by atoms with E-state index >= 15 is 0 Å². The van der Waals surface area contributed by atoms with Crippen molar-refractivity contribution >= 4 is 44.7 Å². The summed E-state index contributed by atoms with van der Waals surface area (Å²) in [5.74, 6) is 0.839. The topological polar surface area (TPSA) is 104 Å². The van der Waals surface area contributed by atoms with Crippen LogP contribution in [-0.4, -0.2) is 30.9 Å². The number of amides is 2. The van der Waals surface area contributed by atoms with Gasteiger partial charge < -0.3 is 10.4 Å². The average molecular weight is 401 g/mol. The van der Waals surface area contributed by atoms with Crippen LogP contribution in [0.15, 0.2) is 48.5 Å². The molecular weight excluding hydrogens is 388 g/mol. The number of anilines is 2. The molecule has 0 aliphatic carbocycles. The summed E-state index contributed by atoms with van der Waals surface area (Å²) in [6.45, 7) is 0. The third kappa shape index (κ3) is 3.99. The number of fused-ring (bicyclic) bond motifs is 1. The largest absolute Gasteiger partial charge is 0.508 e. The van der Waals surface area contributed by atoms with Gasteiger partial charge in [0.1, 0.15) is 5.75 Å². The van der Waals surface area contributed by atoms with Crippen molar-refractivity contribution in [2.75, 3.05) is 10.6 Å². The molecule has 0 fully saturated rings. The molecule has 0 unspecified atom stereocenters. The van der Waals surface area contributed by atoms with E-state index in [-0.39, 0.29) is 5.75 Å². The average Bonchev–Trinajstić information content (AvgIpc) is 3.18. The van der Waals surface area contributed by atoms with E-state index in [1.807, 2.05) is 0 Å². The van der Waals surface area contributed by atoms with Crippen molar-refractivity contribution in [3.8, 4) is 5.75 Å². The Labute approximate surface area is 162 Å². The Morgan fingerprint density at radius 3 is 2.74 bits per heavy atom. The minimum absolute atomic E-state index is 0.205. The minimum Gasteiger partial charge on any atom is -0.508 e. The number of carbonyl (C=O) groups excluding carboxylic acids is 1. The van der Waals surface area contributed by atoms with Gasteiger partial charge in [0.05, 0.1) is 0 Å². The Morgan fingerprint density at radius 2 is 1.96 bits per heavy atom. The third-order valence-corrected chi connectivity index (χ3v) is 4.71. The van der Waals surface area contributed by atoms with E-state index in [9.17, 15) is 9.90 Å². The molecule has 0 saturated heterocycles. The predicted octanol–water partition coefficient (Wildman–Crippen LogP) is 3.78. The lowest BCUT2D eigenvalue weighted by atomic mass is 10.1. The molecule has 27 heavy (non-hydrogen) atoms. The second-order valence-electron chi connectivity index (χ2n) is 5.65. The first-order valence-corrected chi connectivity index (χ1v) is 9.09. The van der Waals surface area contributed by atoms with Crippen LogP contribution in [-0.2, 0) is 6.42 Å². The molecule has 0 saturated carbocycles. The number of halogens is 1. The number of phenolic OH excluding ortho intramolecular Hbond substituents is 1. The molecule has 4 aromatic rings. The number of aromatic hydroxyl groups is 1. The zero-order valence-corrected chi connectivity index (χ0v) is 15.3. The SMILES string of the molecule is O=C(Nc1cccc(Cl)c1)Nc1nn2c(Cc3ccc(O)cc3)nnc2s1. The van der Waals surface area contributed by atoms with Gasteiger partial charge in [0.2, 0.25) is 10.1 Å². The van der Waals surface area contributed by atoms with Gasteiger partial charge in [0.25, 0.3) is 0 Å². The molecule has 10 heteroatoms. The number of carbonyl (C=O) groups is 1. The van der Waals surface area contributed by atoms with Gasteiger partial charge in [-0.15, -0.1) is 15.3 Å². The Hall–Kier alpha value is -3.17. The molecule has 3 N–H and O–H groups in total. The van der Waals surface area contributed by atoms with Gasteiger partial charge in [0, 0.05) is 17.1 Å². The first kappa shape index (κ1) is 17.3. The molecule has 0 aliphatic rings. The van der Waals surface area contributed by atoms with Crippen LogP contribution in [0.25, 0.3) is 4.96 Å². The van der Waals surface area contributed by atoms with E-state index in [2.05, 4.69) is 25.9 Å². The zero-order valence-electron chi connectivity index (χ0n) is 13.8. The fourth-order valence-electron chi connectivity index (χ4n) is 2.44. The van der Waals surface area contributed by atoms with Crippen LogP contribution in [0, 0.1) is 0 Å². The number of benzene rings is 2. The lowest BCUT2D eigenvalue weighted by molar-refractivity contribution is 0.262. The Morgan fingerprint density at radius 1 is 1.15 bits per heavy atom. The number of urea groups is 1. The molecule has 2 amide bonds. The van der Waals surface area contributed by atoms with E-state index in [0.29, 0.717) is 33.0 Å². The predicted molar refractivity (Wildman–Crippen MR) is 104 cm³/mol. The molecule has 2 aromatic carbocycles. The number of phenols is 1. The molecule has 2 aromatic heterocycles. The quantitative estimate of drug-likeness (QED) is 0.483. The summed E-state index contributed by atoms with van der Waals surface area (Å²) < 4.78 is 1.59. The van der Waals surface area contributed by atoms with Crippen molar-refractivity contribution < 1.29 is 9.90 Å². The van der Waals surface area contributed by atoms with Crippen LogP contribution < -0.4 is 10.6 Å². The normalized spacial score (nSPS) is 10.9. The van der Waals surface area contributed by atoms with E-state index in [1.54, 1.807) is 53.0 Å². The Balaban J connectivity index is 1.48. The van der Waals surface area contributed by atoms with Crippen LogP contribution in [0.2, 0.25) is 5.02 Å². The van der Waals surface area contributed by atoms with Crippen molar-refractivity contribution in [2.45, 2.75) is 6.42 Å². The highest BCUT2D eigenvalue weighted by atomic mass is 35.5. The van der Waals surface area contributed by atoms with Gasteiger partial charge in [-0.1, -0.05) is 41.1 Å². The summed E-state index contributed by atoms with van der Waals surface area (Å²) in [6.07, 6.45) is 0.499. The molecular formula is C17H13ClN6O2S. The van der Waals surface area contributed by atoms with Gasteiger partial charge >= 0.3 is 6.03 Å². The number of hydrogen-bond donors (Lipinski definition) is 3. The van der Waals surface area contributed by atoms with Crippen LogP contribution in [0.4, 0.5) is 15.6 Å². The number of rotatable bonds is 4. The molecule has 0 atom stereocenters. The summed E-state index contributed by atoms with van der Waals surface area (Å²) >= 11 is 7.12.